The van der Waals surface area contributed by atoms with Crippen LogP contribution >= 0.6 is 0 Å². The number of piperidine rings is 1. The monoisotopic (exact) mass is 497 g/mol. The second-order valence-electron chi connectivity index (χ2n) is 9.40. The molecule has 2 heterocycles. The van der Waals surface area contributed by atoms with Gasteiger partial charge in [0.25, 0.3) is 0 Å². The maximum Gasteiger partial charge on any atom is 0.244 e. The molecule has 9 heteroatoms. The molecule has 1 N–H and O–H groups in total. The minimum absolute atomic E-state index is 0.109. The van der Waals surface area contributed by atoms with Gasteiger partial charge in [0.05, 0.1) is 4.90 Å². The summed E-state index contributed by atoms with van der Waals surface area (Å²) in [6.45, 7) is 4.40. The van der Waals surface area contributed by atoms with Gasteiger partial charge in [-0.25, -0.2) is 8.42 Å². The van der Waals surface area contributed by atoms with Crippen molar-refractivity contribution in [1.29, 1.82) is 0 Å². The molecule has 0 saturated carbocycles. The lowest BCUT2D eigenvalue weighted by Crippen LogP contribution is -2.38. The molecule has 186 valence electrons. The van der Waals surface area contributed by atoms with Gasteiger partial charge >= 0.3 is 0 Å². The summed E-state index contributed by atoms with van der Waals surface area (Å²) < 4.78 is 28.0. The molecule has 0 aromatic heterocycles. The molecule has 4 rings (SSSR count). The Bertz CT molecular complexity index is 1250. The zero-order chi connectivity index (χ0) is 25.2. The number of nitrogens with zero attached hydrogens (tertiary/aromatic N) is 2. The molecule has 1 fully saturated rings. The Kier molecular flexibility index (Phi) is 7.37. The second kappa shape index (κ2) is 10.3. The molecule has 2 aliphatic rings. The predicted molar refractivity (Wildman–Crippen MR) is 134 cm³/mol. The Morgan fingerprint density at radius 1 is 1.06 bits per heavy atom. The maximum absolute atomic E-state index is 13.2. The van der Waals surface area contributed by atoms with Crippen molar-refractivity contribution < 1.29 is 22.8 Å². The van der Waals surface area contributed by atoms with Gasteiger partial charge < -0.3 is 10.2 Å². The number of carbonyl (C=O) groups excluding carboxylic acids is 3. The normalized spacial score (nSPS) is 17.5. The lowest BCUT2D eigenvalue weighted by Gasteiger charge is -2.30. The summed E-state index contributed by atoms with van der Waals surface area (Å²) in [5.74, 6) is -0.172. The zero-order valence-electron chi connectivity index (χ0n) is 20.1. The number of Topliss-reactive ketones (excluding diaryl/α,β-unsaturated/α-hetero) is 1. The van der Waals surface area contributed by atoms with Gasteiger partial charge in [-0.2, -0.15) is 4.31 Å². The van der Waals surface area contributed by atoms with Gasteiger partial charge in [0.15, 0.2) is 5.78 Å². The van der Waals surface area contributed by atoms with Gasteiger partial charge in [-0.3, -0.25) is 14.4 Å². The van der Waals surface area contributed by atoms with E-state index >= 15 is 0 Å². The van der Waals surface area contributed by atoms with E-state index in [-0.39, 0.29) is 29.6 Å². The highest BCUT2D eigenvalue weighted by Gasteiger charge is 2.30. The van der Waals surface area contributed by atoms with E-state index in [9.17, 15) is 22.8 Å². The van der Waals surface area contributed by atoms with Crippen LogP contribution in [-0.4, -0.2) is 50.0 Å². The van der Waals surface area contributed by atoms with Crippen molar-refractivity contribution >= 4 is 39.0 Å². The molecular formula is C26H31N3O5S. The van der Waals surface area contributed by atoms with Crippen LogP contribution in [0, 0.1) is 5.92 Å². The summed E-state index contributed by atoms with van der Waals surface area (Å²) in [6.07, 6.45) is 3.09. The Morgan fingerprint density at radius 2 is 1.80 bits per heavy atom. The van der Waals surface area contributed by atoms with Gasteiger partial charge in [0.1, 0.15) is 6.54 Å². The molecule has 2 aliphatic heterocycles. The van der Waals surface area contributed by atoms with Crippen LogP contribution in [0.5, 0.6) is 0 Å². The molecule has 1 saturated heterocycles. The van der Waals surface area contributed by atoms with Crippen molar-refractivity contribution in [2.75, 3.05) is 29.9 Å². The molecule has 0 unspecified atom stereocenters. The minimum atomic E-state index is -3.61. The van der Waals surface area contributed by atoms with Gasteiger partial charge in [0.2, 0.25) is 21.8 Å². The van der Waals surface area contributed by atoms with Crippen LogP contribution in [0.2, 0.25) is 0 Å². The average molecular weight is 498 g/mol. The fourth-order valence-corrected chi connectivity index (χ4v) is 6.11. The number of sulfonamides is 1. The van der Waals surface area contributed by atoms with Crippen molar-refractivity contribution in [3.05, 3.63) is 53.6 Å². The molecule has 35 heavy (non-hydrogen) atoms. The van der Waals surface area contributed by atoms with E-state index in [0.717, 1.165) is 18.4 Å². The zero-order valence-corrected chi connectivity index (χ0v) is 20.9. The lowest BCUT2D eigenvalue weighted by molar-refractivity contribution is -0.121. The summed E-state index contributed by atoms with van der Waals surface area (Å²) in [5.41, 5.74) is 2.26. The van der Waals surface area contributed by atoms with Gasteiger partial charge in [0, 0.05) is 36.4 Å². The van der Waals surface area contributed by atoms with Crippen LogP contribution in [-0.2, 0) is 26.0 Å². The van der Waals surface area contributed by atoms with Gasteiger partial charge in [-0.1, -0.05) is 19.1 Å². The summed E-state index contributed by atoms with van der Waals surface area (Å²) >= 11 is 0. The first-order chi connectivity index (χ1) is 16.6. The van der Waals surface area contributed by atoms with Crippen LogP contribution in [0.4, 0.5) is 11.4 Å². The third kappa shape index (κ3) is 5.62. The summed E-state index contributed by atoms with van der Waals surface area (Å²) in [7, 11) is -3.61. The quantitative estimate of drug-likeness (QED) is 0.614. The Morgan fingerprint density at radius 3 is 2.51 bits per heavy atom. The number of amides is 2. The molecule has 2 aromatic rings. The fourth-order valence-electron chi connectivity index (χ4n) is 4.59. The first-order valence-corrected chi connectivity index (χ1v) is 13.4. The smallest absolute Gasteiger partial charge is 0.244 e. The highest BCUT2D eigenvalue weighted by atomic mass is 32.2. The molecular weight excluding hydrogens is 466 g/mol. The van der Waals surface area contributed by atoms with Crippen LogP contribution in [0.3, 0.4) is 0 Å². The number of hydrogen-bond acceptors (Lipinski definition) is 5. The average Bonchev–Trinajstić information content (AvgIpc) is 2.97. The van der Waals surface area contributed by atoms with E-state index in [1.54, 1.807) is 36.4 Å². The van der Waals surface area contributed by atoms with Crippen LogP contribution in [0.15, 0.2) is 47.4 Å². The topological polar surface area (TPSA) is 104 Å². The molecule has 0 atom stereocenters. The van der Waals surface area contributed by atoms with Crippen molar-refractivity contribution in [1.82, 2.24) is 4.31 Å². The number of benzene rings is 2. The summed E-state index contributed by atoms with van der Waals surface area (Å²) in [6, 6.07) is 11.5. The number of ketones is 1. The lowest BCUT2D eigenvalue weighted by atomic mass is 10.0. The largest absolute Gasteiger partial charge is 0.325 e. The Labute approximate surface area is 206 Å². The van der Waals surface area contributed by atoms with Crippen molar-refractivity contribution in [2.24, 2.45) is 5.92 Å². The molecule has 0 radical (unpaired) electrons. The predicted octanol–water partition coefficient (Wildman–Crippen LogP) is 3.62. The molecule has 8 nitrogen and oxygen atoms in total. The van der Waals surface area contributed by atoms with E-state index in [1.165, 1.54) is 22.2 Å². The standard InChI is InChI=1S/C26H31N3O5S/c1-18-11-13-28(14-12-18)35(33,34)23-9-10-24-21(16-23)6-4-8-26(32)29(24)17-25(31)27-22-7-3-5-20(15-22)19(2)30/h3,5,7,9-10,15-16,18H,4,6,8,11-14,17H2,1-2H3,(H,27,31). The summed E-state index contributed by atoms with van der Waals surface area (Å²) in [5, 5.41) is 2.75. The highest BCUT2D eigenvalue weighted by molar-refractivity contribution is 7.89. The molecule has 0 aliphatic carbocycles. The van der Waals surface area contributed by atoms with Crippen molar-refractivity contribution in [3.8, 4) is 0 Å². The number of fused-ring (bicyclic) bond motifs is 1. The first kappa shape index (κ1) is 25.1. The molecule has 2 aromatic carbocycles. The van der Waals surface area contributed by atoms with E-state index in [0.29, 0.717) is 48.8 Å². The van der Waals surface area contributed by atoms with Crippen molar-refractivity contribution in [2.45, 2.75) is 50.8 Å². The van der Waals surface area contributed by atoms with Crippen LogP contribution < -0.4 is 10.2 Å². The van der Waals surface area contributed by atoms with E-state index < -0.39 is 15.9 Å². The fraction of sp³-hybridized carbons (Fsp3) is 0.423. The van der Waals surface area contributed by atoms with Crippen LogP contribution in [0.25, 0.3) is 0 Å². The van der Waals surface area contributed by atoms with Gasteiger partial charge in [-0.15, -0.1) is 0 Å². The highest BCUT2D eigenvalue weighted by Crippen LogP contribution is 2.31. The number of hydrogen-bond donors (Lipinski definition) is 1. The number of nitrogens with one attached hydrogen (secondary N) is 1. The number of rotatable bonds is 6. The Balaban J connectivity index is 1.55. The Hall–Kier alpha value is -3.04. The maximum atomic E-state index is 13.2. The van der Waals surface area contributed by atoms with Crippen molar-refractivity contribution in [3.63, 3.8) is 0 Å². The SMILES string of the molecule is CC(=O)c1cccc(NC(=O)CN2C(=O)CCCc3cc(S(=O)(=O)N4CCC(C)CC4)ccc32)c1. The van der Waals surface area contributed by atoms with E-state index in [4.69, 9.17) is 0 Å². The first-order valence-electron chi connectivity index (χ1n) is 12.0. The number of carbonyl (C=O) groups is 3. The molecule has 0 bridgehead atoms. The van der Waals surface area contributed by atoms with Crippen LogP contribution in [0.1, 0.15) is 55.5 Å². The minimum Gasteiger partial charge on any atom is -0.325 e. The van der Waals surface area contributed by atoms with E-state index in [1.807, 2.05) is 0 Å². The number of aryl methyl sites for hydroxylation is 1. The van der Waals surface area contributed by atoms with E-state index in [2.05, 4.69) is 12.2 Å². The third-order valence-electron chi connectivity index (χ3n) is 6.71. The summed E-state index contributed by atoms with van der Waals surface area (Å²) in [4.78, 5) is 38.9. The molecule has 0 spiro atoms. The third-order valence-corrected chi connectivity index (χ3v) is 8.61. The number of anilines is 2. The van der Waals surface area contributed by atoms with Gasteiger partial charge in [-0.05, 0) is 74.4 Å². The molecule has 2 amide bonds. The second-order valence-corrected chi connectivity index (χ2v) is 11.3.